The Morgan fingerprint density at radius 1 is 1.54 bits per heavy atom. The minimum atomic E-state index is 0.468. The van der Waals surface area contributed by atoms with E-state index in [4.69, 9.17) is 17.3 Å². The van der Waals surface area contributed by atoms with Crippen LogP contribution in [-0.2, 0) is 0 Å². The van der Waals surface area contributed by atoms with Gasteiger partial charge >= 0.3 is 0 Å². The molecule has 0 aliphatic carbocycles. The van der Waals surface area contributed by atoms with E-state index in [0.29, 0.717) is 12.5 Å². The molecule has 1 aromatic carbocycles. The van der Waals surface area contributed by atoms with Crippen LogP contribution in [0.1, 0.15) is 17.9 Å². The van der Waals surface area contributed by atoms with Crippen molar-refractivity contribution in [2.24, 2.45) is 5.73 Å². The first-order chi connectivity index (χ1) is 6.31. The van der Waals surface area contributed by atoms with Crippen LogP contribution in [-0.4, -0.2) is 13.1 Å². The van der Waals surface area contributed by atoms with Crippen molar-refractivity contribution in [1.29, 1.82) is 0 Å². The minimum Gasteiger partial charge on any atom is -0.385 e. The van der Waals surface area contributed by atoms with E-state index in [1.807, 2.05) is 18.2 Å². The van der Waals surface area contributed by atoms with Gasteiger partial charge in [-0.15, -0.1) is 0 Å². The molecule has 0 bridgehead atoms. The lowest BCUT2D eigenvalue weighted by atomic mass is 9.91. The number of anilines is 1. The Bertz CT molecular complexity index is 312. The number of hydrogen-bond donors (Lipinski definition) is 2. The highest BCUT2D eigenvalue weighted by molar-refractivity contribution is 6.30. The van der Waals surface area contributed by atoms with Gasteiger partial charge in [0.25, 0.3) is 0 Å². The Morgan fingerprint density at radius 2 is 2.38 bits per heavy atom. The number of fused-ring (bicyclic) bond motifs is 1. The highest BCUT2D eigenvalue weighted by Crippen LogP contribution is 2.32. The summed E-state index contributed by atoms with van der Waals surface area (Å²) in [5.41, 5.74) is 8.15. The summed E-state index contributed by atoms with van der Waals surface area (Å²) in [5.74, 6) is 0.468. The SMILES string of the molecule is NCC1CCNc2ccc(Cl)cc21. The van der Waals surface area contributed by atoms with Crippen LogP contribution in [0.15, 0.2) is 18.2 Å². The van der Waals surface area contributed by atoms with E-state index in [-0.39, 0.29) is 0 Å². The highest BCUT2D eigenvalue weighted by Gasteiger charge is 2.18. The summed E-state index contributed by atoms with van der Waals surface area (Å²) >= 11 is 5.93. The topological polar surface area (TPSA) is 38.0 Å². The average Bonchev–Trinajstić information content (AvgIpc) is 2.17. The number of halogens is 1. The Morgan fingerprint density at radius 3 is 3.15 bits per heavy atom. The van der Waals surface area contributed by atoms with Crippen molar-refractivity contribution in [3.05, 3.63) is 28.8 Å². The van der Waals surface area contributed by atoms with Gasteiger partial charge in [0.2, 0.25) is 0 Å². The molecule has 1 atom stereocenters. The van der Waals surface area contributed by atoms with Crippen molar-refractivity contribution in [3.63, 3.8) is 0 Å². The lowest BCUT2D eigenvalue weighted by Gasteiger charge is -2.25. The van der Waals surface area contributed by atoms with Crippen LogP contribution in [0.25, 0.3) is 0 Å². The fraction of sp³-hybridized carbons (Fsp3) is 0.400. The standard InChI is InChI=1S/C10H13ClN2/c11-8-1-2-10-9(5-8)7(6-12)3-4-13-10/h1-2,5,7,13H,3-4,6,12H2. The number of benzene rings is 1. The molecule has 0 amide bonds. The largest absolute Gasteiger partial charge is 0.385 e. The quantitative estimate of drug-likeness (QED) is 0.723. The predicted molar refractivity (Wildman–Crippen MR) is 56.4 cm³/mol. The van der Waals surface area contributed by atoms with Crippen LogP contribution in [0.5, 0.6) is 0 Å². The van der Waals surface area contributed by atoms with Crippen LogP contribution < -0.4 is 11.1 Å². The van der Waals surface area contributed by atoms with Gasteiger partial charge in [0.1, 0.15) is 0 Å². The number of nitrogens with one attached hydrogen (secondary N) is 1. The maximum absolute atomic E-state index is 5.93. The molecule has 0 saturated carbocycles. The molecule has 2 rings (SSSR count). The average molecular weight is 197 g/mol. The number of rotatable bonds is 1. The normalized spacial score (nSPS) is 20.6. The van der Waals surface area contributed by atoms with E-state index in [2.05, 4.69) is 5.32 Å². The first kappa shape index (κ1) is 8.85. The van der Waals surface area contributed by atoms with Crippen LogP contribution in [0, 0.1) is 0 Å². The number of nitrogens with two attached hydrogens (primary N) is 1. The Balaban J connectivity index is 2.41. The first-order valence-corrected chi connectivity index (χ1v) is 4.92. The zero-order chi connectivity index (χ0) is 9.26. The minimum absolute atomic E-state index is 0.468. The summed E-state index contributed by atoms with van der Waals surface area (Å²) in [6, 6.07) is 5.95. The highest BCUT2D eigenvalue weighted by atomic mass is 35.5. The monoisotopic (exact) mass is 196 g/mol. The van der Waals surface area contributed by atoms with Gasteiger partial charge < -0.3 is 11.1 Å². The molecule has 13 heavy (non-hydrogen) atoms. The molecule has 1 heterocycles. The van der Waals surface area contributed by atoms with E-state index >= 15 is 0 Å². The van der Waals surface area contributed by atoms with Crippen molar-refractivity contribution in [1.82, 2.24) is 0 Å². The smallest absolute Gasteiger partial charge is 0.0410 e. The van der Waals surface area contributed by atoms with E-state index in [1.165, 1.54) is 11.3 Å². The van der Waals surface area contributed by atoms with Crippen molar-refractivity contribution in [2.75, 3.05) is 18.4 Å². The molecular weight excluding hydrogens is 184 g/mol. The molecular formula is C10H13ClN2. The van der Waals surface area contributed by atoms with Gasteiger partial charge in [-0.2, -0.15) is 0 Å². The molecule has 1 unspecified atom stereocenters. The summed E-state index contributed by atoms with van der Waals surface area (Å²) in [5, 5.41) is 4.13. The molecule has 0 radical (unpaired) electrons. The molecule has 70 valence electrons. The second kappa shape index (κ2) is 3.56. The van der Waals surface area contributed by atoms with Crippen LogP contribution in [0.3, 0.4) is 0 Å². The van der Waals surface area contributed by atoms with Gasteiger partial charge in [0, 0.05) is 17.3 Å². The summed E-state index contributed by atoms with van der Waals surface area (Å²) in [7, 11) is 0. The molecule has 1 aromatic rings. The first-order valence-electron chi connectivity index (χ1n) is 4.54. The molecule has 0 aromatic heterocycles. The second-order valence-corrected chi connectivity index (χ2v) is 3.82. The summed E-state index contributed by atoms with van der Waals surface area (Å²) in [4.78, 5) is 0. The lowest BCUT2D eigenvalue weighted by molar-refractivity contribution is 0.637. The summed E-state index contributed by atoms with van der Waals surface area (Å²) in [6.07, 6.45) is 1.10. The maximum Gasteiger partial charge on any atom is 0.0410 e. The zero-order valence-electron chi connectivity index (χ0n) is 7.39. The van der Waals surface area contributed by atoms with E-state index in [0.717, 1.165) is 18.0 Å². The fourth-order valence-corrected chi connectivity index (χ4v) is 1.99. The molecule has 2 nitrogen and oxygen atoms in total. The fourth-order valence-electron chi connectivity index (χ4n) is 1.81. The third-order valence-corrected chi connectivity index (χ3v) is 2.78. The van der Waals surface area contributed by atoms with Crippen molar-refractivity contribution >= 4 is 17.3 Å². The molecule has 0 spiro atoms. The van der Waals surface area contributed by atoms with Crippen LogP contribution >= 0.6 is 11.6 Å². The molecule has 3 heteroatoms. The molecule has 1 aliphatic heterocycles. The van der Waals surface area contributed by atoms with Crippen molar-refractivity contribution < 1.29 is 0 Å². The van der Waals surface area contributed by atoms with E-state index in [1.54, 1.807) is 0 Å². The van der Waals surface area contributed by atoms with Gasteiger partial charge in [-0.25, -0.2) is 0 Å². The van der Waals surface area contributed by atoms with Crippen LogP contribution in [0.2, 0.25) is 5.02 Å². The van der Waals surface area contributed by atoms with Gasteiger partial charge in [-0.3, -0.25) is 0 Å². The van der Waals surface area contributed by atoms with Crippen molar-refractivity contribution in [2.45, 2.75) is 12.3 Å². The van der Waals surface area contributed by atoms with Crippen molar-refractivity contribution in [3.8, 4) is 0 Å². The Labute approximate surface area is 83.1 Å². The molecule has 0 saturated heterocycles. The summed E-state index contributed by atoms with van der Waals surface area (Å²) in [6.45, 7) is 1.71. The third kappa shape index (κ3) is 1.64. The Kier molecular flexibility index (Phi) is 2.42. The zero-order valence-corrected chi connectivity index (χ0v) is 8.14. The maximum atomic E-state index is 5.93. The molecule has 1 aliphatic rings. The molecule has 0 fully saturated rings. The lowest BCUT2D eigenvalue weighted by Crippen LogP contribution is -2.22. The third-order valence-electron chi connectivity index (χ3n) is 2.55. The van der Waals surface area contributed by atoms with Gasteiger partial charge in [-0.05, 0) is 42.6 Å². The van der Waals surface area contributed by atoms with Crippen LogP contribution in [0.4, 0.5) is 5.69 Å². The number of hydrogen-bond acceptors (Lipinski definition) is 2. The second-order valence-electron chi connectivity index (χ2n) is 3.38. The van der Waals surface area contributed by atoms with E-state index in [9.17, 15) is 0 Å². The molecule has 3 N–H and O–H groups in total. The Hall–Kier alpha value is -0.730. The van der Waals surface area contributed by atoms with Gasteiger partial charge in [0.05, 0.1) is 0 Å². The van der Waals surface area contributed by atoms with Gasteiger partial charge in [-0.1, -0.05) is 11.6 Å². The predicted octanol–water partition coefficient (Wildman–Crippen LogP) is 2.20. The summed E-state index contributed by atoms with van der Waals surface area (Å²) < 4.78 is 0. The van der Waals surface area contributed by atoms with E-state index < -0.39 is 0 Å². The van der Waals surface area contributed by atoms with Gasteiger partial charge in [0.15, 0.2) is 0 Å².